The molecule has 1 aromatic rings. The normalized spacial score (nSPS) is 21.6. The van der Waals surface area contributed by atoms with Crippen molar-refractivity contribution < 1.29 is 19.1 Å². The highest BCUT2D eigenvalue weighted by atomic mass is 16.5. The molecule has 8 nitrogen and oxygen atoms in total. The molecule has 21 heavy (non-hydrogen) atoms. The van der Waals surface area contributed by atoms with Gasteiger partial charge < -0.3 is 20.1 Å². The first-order valence-electron chi connectivity index (χ1n) is 6.65. The Morgan fingerprint density at radius 2 is 2.19 bits per heavy atom. The Bertz CT molecular complexity index is 556. The lowest BCUT2D eigenvalue weighted by Crippen LogP contribution is -2.58. The standard InChI is InChI=1S/C13H20N4O4/c1-16-10(21-3)7-9(15-16)11(18)17-6-4-5-13(17,8-20-2)12(14)19/h7H,4-6,8H2,1-3H3,(H2,14,19). The molecule has 8 heteroatoms. The van der Waals surface area contributed by atoms with Crippen molar-refractivity contribution in [3.63, 3.8) is 0 Å². The van der Waals surface area contributed by atoms with Gasteiger partial charge >= 0.3 is 0 Å². The molecule has 0 bridgehead atoms. The summed E-state index contributed by atoms with van der Waals surface area (Å²) >= 11 is 0. The van der Waals surface area contributed by atoms with Crippen LogP contribution in [0.1, 0.15) is 23.3 Å². The highest BCUT2D eigenvalue weighted by molar-refractivity contribution is 5.98. The van der Waals surface area contributed by atoms with Crippen LogP contribution in [0, 0.1) is 0 Å². The first-order valence-corrected chi connectivity index (χ1v) is 6.65. The predicted octanol–water partition coefficient (Wildman–Crippen LogP) is -0.465. The van der Waals surface area contributed by atoms with Crippen LogP contribution in [-0.2, 0) is 16.6 Å². The fraction of sp³-hybridized carbons (Fsp3) is 0.615. The summed E-state index contributed by atoms with van der Waals surface area (Å²) in [6, 6.07) is 1.54. The number of ether oxygens (including phenoxy) is 2. The van der Waals surface area contributed by atoms with Crippen molar-refractivity contribution in [1.29, 1.82) is 0 Å². The minimum Gasteiger partial charge on any atom is -0.481 e. The molecule has 1 aromatic heterocycles. The van der Waals surface area contributed by atoms with Gasteiger partial charge in [-0.15, -0.1) is 0 Å². The van der Waals surface area contributed by atoms with E-state index >= 15 is 0 Å². The van der Waals surface area contributed by atoms with E-state index in [1.54, 1.807) is 13.1 Å². The van der Waals surface area contributed by atoms with Crippen molar-refractivity contribution in [3.8, 4) is 5.88 Å². The highest BCUT2D eigenvalue weighted by Crippen LogP contribution is 2.31. The Labute approximate surface area is 122 Å². The van der Waals surface area contributed by atoms with E-state index in [-0.39, 0.29) is 18.2 Å². The molecular weight excluding hydrogens is 276 g/mol. The van der Waals surface area contributed by atoms with Crippen LogP contribution >= 0.6 is 0 Å². The summed E-state index contributed by atoms with van der Waals surface area (Å²) in [6.07, 6.45) is 1.19. The number of carbonyl (C=O) groups excluding carboxylic acids is 2. The van der Waals surface area contributed by atoms with Crippen LogP contribution in [0.2, 0.25) is 0 Å². The Kier molecular flexibility index (Phi) is 4.17. The van der Waals surface area contributed by atoms with Gasteiger partial charge in [-0.1, -0.05) is 0 Å². The summed E-state index contributed by atoms with van der Waals surface area (Å²) in [5.41, 5.74) is 4.64. The van der Waals surface area contributed by atoms with Crippen molar-refractivity contribution in [2.24, 2.45) is 12.8 Å². The number of nitrogens with zero attached hydrogens (tertiary/aromatic N) is 3. The van der Waals surface area contributed by atoms with Crippen molar-refractivity contribution in [1.82, 2.24) is 14.7 Å². The maximum absolute atomic E-state index is 12.7. The molecule has 0 saturated carbocycles. The molecular formula is C13H20N4O4. The number of amides is 2. The number of aromatic nitrogens is 2. The maximum atomic E-state index is 12.7. The monoisotopic (exact) mass is 296 g/mol. The van der Waals surface area contributed by atoms with Gasteiger partial charge in [0.25, 0.3) is 5.91 Å². The number of nitrogens with two attached hydrogens (primary N) is 1. The number of likely N-dealkylation sites (tertiary alicyclic amines) is 1. The number of primary amides is 1. The van der Waals surface area contributed by atoms with Crippen LogP contribution in [-0.4, -0.2) is 59.4 Å². The van der Waals surface area contributed by atoms with Crippen molar-refractivity contribution >= 4 is 11.8 Å². The molecule has 0 radical (unpaired) electrons. The van der Waals surface area contributed by atoms with E-state index in [0.29, 0.717) is 25.3 Å². The summed E-state index contributed by atoms with van der Waals surface area (Å²) in [7, 11) is 4.66. The third-order valence-electron chi connectivity index (χ3n) is 3.84. The molecule has 1 aliphatic rings. The van der Waals surface area contributed by atoms with Gasteiger partial charge in [-0.2, -0.15) is 5.10 Å². The lowest BCUT2D eigenvalue weighted by Gasteiger charge is -2.34. The van der Waals surface area contributed by atoms with Crippen molar-refractivity contribution in [2.45, 2.75) is 18.4 Å². The van der Waals surface area contributed by atoms with Crippen molar-refractivity contribution in [2.75, 3.05) is 27.4 Å². The highest BCUT2D eigenvalue weighted by Gasteiger charge is 2.49. The Balaban J connectivity index is 2.34. The number of rotatable bonds is 5. The summed E-state index contributed by atoms with van der Waals surface area (Å²) in [5.74, 6) is -0.436. The van der Waals surface area contributed by atoms with Crippen molar-refractivity contribution in [3.05, 3.63) is 11.8 Å². The number of hydrogen-bond acceptors (Lipinski definition) is 5. The van der Waals surface area contributed by atoms with Crippen LogP contribution < -0.4 is 10.5 Å². The summed E-state index contributed by atoms with van der Waals surface area (Å²) in [6.45, 7) is 0.530. The first-order chi connectivity index (χ1) is 9.96. The molecule has 2 amide bonds. The molecule has 1 aliphatic heterocycles. The maximum Gasteiger partial charge on any atom is 0.275 e. The number of methoxy groups -OCH3 is 2. The van der Waals surface area contributed by atoms with Crippen LogP contribution in [0.4, 0.5) is 0 Å². The average molecular weight is 296 g/mol. The molecule has 116 valence electrons. The molecule has 0 aliphatic carbocycles. The zero-order chi connectivity index (χ0) is 15.6. The van der Waals surface area contributed by atoms with E-state index in [1.165, 1.54) is 23.8 Å². The van der Waals surface area contributed by atoms with Crippen LogP contribution in [0.5, 0.6) is 5.88 Å². The lowest BCUT2D eigenvalue weighted by molar-refractivity contribution is -0.130. The smallest absolute Gasteiger partial charge is 0.275 e. The van der Waals surface area contributed by atoms with Gasteiger partial charge in [-0.25, -0.2) is 4.68 Å². The van der Waals surface area contributed by atoms with Gasteiger partial charge in [0.1, 0.15) is 5.54 Å². The molecule has 0 aromatic carbocycles. The van der Waals surface area contributed by atoms with Gasteiger partial charge in [0, 0.05) is 26.8 Å². The molecule has 1 unspecified atom stereocenters. The minimum atomic E-state index is -1.10. The fourth-order valence-corrected chi connectivity index (χ4v) is 2.77. The number of carbonyl (C=O) groups is 2. The lowest BCUT2D eigenvalue weighted by atomic mass is 9.96. The fourth-order valence-electron chi connectivity index (χ4n) is 2.77. The van der Waals surface area contributed by atoms with Gasteiger partial charge in [-0.3, -0.25) is 9.59 Å². The van der Waals surface area contributed by atoms with Crippen LogP contribution in [0.15, 0.2) is 6.07 Å². The molecule has 2 rings (SSSR count). The molecule has 2 heterocycles. The summed E-state index contributed by atoms with van der Waals surface area (Å²) in [4.78, 5) is 26.0. The second-order valence-corrected chi connectivity index (χ2v) is 5.08. The molecule has 1 fully saturated rings. The van der Waals surface area contributed by atoms with E-state index in [4.69, 9.17) is 15.2 Å². The second kappa shape index (κ2) is 5.72. The van der Waals surface area contributed by atoms with E-state index < -0.39 is 11.4 Å². The molecule has 2 N–H and O–H groups in total. The van der Waals surface area contributed by atoms with E-state index in [1.807, 2.05) is 0 Å². The van der Waals surface area contributed by atoms with Gasteiger partial charge in [0.15, 0.2) is 5.69 Å². The molecule has 0 spiro atoms. The third-order valence-corrected chi connectivity index (χ3v) is 3.84. The number of hydrogen-bond donors (Lipinski definition) is 1. The second-order valence-electron chi connectivity index (χ2n) is 5.08. The Morgan fingerprint density at radius 1 is 1.48 bits per heavy atom. The predicted molar refractivity (Wildman–Crippen MR) is 73.8 cm³/mol. The Morgan fingerprint density at radius 3 is 2.71 bits per heavy atom. The van der Waals surface area contributed by atoms with Gasteiger partial charge in [0.2, 0.25) is 11.8 Å². The van der Waals surface area contributed by atoms with E-state index in [2.05, 4.69) is 5.10 Å². The zero-order valence-corrected chi connectivity index (χ0v) is 12.5. The SMILES string of the molecule is COCC1(C(N)=O)CCCN1C(=O)c1cc(OC)n(C)n1. The number of aryl methyl sites for hydroxylation is 1. The van der Waals surface area contributed by atoms with E-state index in [0.717, 1.165) is 0 Å². The first kappa shape index (κ1) is 15.3. The van der Waals surface area contributed by atoms with Crippen LogP contribution in [0.25, 0.3) is 0 Å². The van der Waals surface area contributed by atoms with Gasteiger partial charge in [0.05, 0.1) is 13.7 Å². The Hall–Kier alpha value is -2.09. The third kappa shape index (κ3) is 2.46. The topological polar surface area (TPSA) is 99.7 Å². The average Bonchev–Trinajstić information content (AvgIpc) is 3.03. The summed E-state index contributed by atoms with van der Waals surface area (Å²) in [5, 5.41) is 4.12. The zero-order valence-electron chi connectivity index (χ0n) is 12.5. The minimum absolute atomic E-state index is 0.0814. The largest absolute Gasteiger partial charge is 0.481 e. The van der Waals surface area contributed by atoms with Gasteiger partial charge in [-0.05, 0) is 12.8 Å². The quantitative estimate of drug-likeness (QED) is 0.792. The molecule has 1 atom stereocenters. The van der Waals surface area contributed by atoms with Crippen LogP contribution in [0.3, 0.4) is 0 Å². The summed E-state index contributed by atoms with van der Waals surface area (Å²) < 4.78 is 11.7. The molecule has 1 saturated heterocycles. The van der Waals surface area contributed by atoms with E-state index in [9.17, 15) is 9.59 Å².